The lowest BCUT2D eigenvalue weighted by Crippen LogP contribution is -2.10. The largest absolute Gasteiger partial charge is 0.456 e. The van der Waals surface area contributed by atoms with Gasteiger partial charge in [0.1, 0.15) is 22.3 Å². The second kappa shape index (κ2) is 11.5. The zero-order valence-electron chi connectivity index (χ0n) is 27.9. The van der Waals surface area contributed by atoms with Gasteiger partial charge in [-0.05, 0) is 52.6 Å². The fourth-order valence-electron chi connectivity index (χ4n) is 7.92. The van der Waals surface area contributed by atoms with Crippen LogP contribution in [-0.2, 0) is 0 Å². The lowest BCUT2D eigenvalue weighted by molar-refractivity contribution is 0.663. The van der Waals surface area contributed by atoms with Gasteiger partial charge in [0, 0.05) is 38.0 Å². The molecule has 3 heterocycles. The quantitative estimate of drug-likeness (QED) is 0.181. The Morgan fingerprint density at radius 1 is 0.385 bits per heavy atom. The number of thiophene rings is 1. The first-order chi connectivity index (χ1) is 25.8. The van der Waals surface area contributed by atoms with E-state index in [9.17, 15) is 0 Å². The van der Waals surface area contributed by atoms with E-state index in [1.807, 2.05) is 29.5 Å². The molecule has 0 aliphatic rings. The smallest absolute Gasteiger partial charge is 0.149 e. The van der Waals surface area contributed by atoms with Crippen LogP contribution in [0.1, 0.15) is 0 Å². The van der Waals surface area contributed by atoms with Crippen LogP contribution >= 0.6 is 11.3 Å². The number of anilines is 3. The van der Waals surface area contributed by atoms with E-state index in [-0.39, 0.29) is 0 Å². The predicted octanol–water partition coefficient (Wildman–Crippen LogP) is 14.7. The molecule has 0 saturated heterocycles. The zero-order valence-corrected chi connectivity index (χ0v) is 28.7. The molecule has 0 spiro atoms. The molecule has 0 amide bonds. The topological polar surface area (TPSA) is 29.5 Å². The summed E-state index contributed by atoms with van der Waals surface area (Å²) >= 11 is 1.86. The molecule has 0 saturated carbocycles. The van der Waals surface area contributed by atoms with E-state index in [4.69, 9.17) is 8.83 Å². The molecular formula is C48H29NO2S. The monoisotopic (exact) mass is 683 g/mol. The molecule has 0 fully saturated rings. The van der Waals surface area contributed by atoms with Gasteiger partial charge < -0.3 is 13.7 Å². The fraction of sp³-hybridized carbons (Fsp3) is 0. The number of para-hydroxylation sites is 2. The number of furan rings is 2. The van der Waals surface area contributed by atoms with Crippen molar-refractivity contribution in [2.24, 2.45) is 0 Å². The average Bonchev–Trinajstić information content (AvgIpc) is 3.91. The standard InChI is InChI=1S/C48H29NO2S/c1-3-13-30(14-4-1)31-25-27-33(28-26-31)49(39-22-12-21-36-35-20-11-19-34(47(35)52-48(36)39)32-15-5-2-6-16-32)40-29-43-45(38-18-8-9-23-41(38)50-43)46-44(40)37-17-7-10-24-42(37)51-46/h1-29H. The van der Waals surface area contributed by atoms with Gasteiger partial charge in [-0.15, -0.1) is 11.3 Å². The molecule has 0 aliphatic heterocycles. The number of hydrogen-bond donors (Lipinski definition) is 0. The summed E-state index contributed by atoms with van der Waals surface area (Å²) in [5.41, 5.74) is 11.3. The van der Waals surface area contributed by atoms with E-state index in [2.05, 4.69) is 163 Å². The molecular weight excluding hydrogens is 655 g/mol. The molecule has 0 atom stereocenters. The van der Waals surface area contributed by atoms with Crippen molar-refractivity contribution in [3.8, 4) is 22.3 Å². The van der Waals surface area contributed by atoms with E-state index >= 15 is 0 Å². The minimum atomic E-state index is 0.795. The molecule has 52 heavy (non-hydrogen) atoms. The Kier molecular flexibility index (Phi) is 6.42. The van der Waals surface area contributed by atoms with Crippen LogP contribution in [0.4, 0.5) is 17.1 Å². The maximum absolute atomic E-state index is 6.79. The van der Waals surface area contributed by atoms with Crippen LogP contribution in [0.5, 0.6) is 0 Å². The summed E-state index contributed by atoms with van der Waals surface area (Å²) < 4.78 is 15.9. The van der Waals surface area contributed by atoms with Crippen molar-refractivity contribution < 1.29 is 8.83 Å². The van der Waals surface area contributed by atoms with Crippen LogP contribution < -0.4 is 4.90 Å². The normalized spacial score (nSPS) is 11.8. The number of hydrogen-bond acceptors (Lipinski definition) is 4. The van der Waals surface area contributed by atoms with E-state index in [1.165, 1.54) is 42.4 Å². The molecule has 244 valence electrons. The van der Waals surface area contributed by atoms with Gasteiger partial charge >= 0.3 is 0 Å². The third-order valence-corrected chi connectivity index (χ3v) is 11.5. The molecule has 11 aromatic rings. The highest BCUT2D eigenvalue weighted by Gasteiger charge is 2.26. The molecule has 3 aromatic heterocycles. The van der Waals surface area contributed by atoms with Crippen molar-refractivity contribution in [3.05, 3.63) is 176 Å². The number of benzene rings is 8. The number of rotatable bonds is 5. The van der Waals surface area contributed by atoms with Crippen molar-refractivity contribution in [1.82, 2.24) is 0 Å². The molecule has 4 heteroatoms. The van der Waals surface area contributed by atoms with Gasteiger partial charge in [-0.25, -0.2) is 0 Å². The highest BCUT2D eigenvalue weighted by Crippen LogP contribution is 2.51. The van der Waals surface area contributed by atoms with Crippen LogP contribution in [0.15, 0.2) is 185 Å². The Morgan fingerprint density at radius 2 is 0.962 bits per heavy atom. The number of fused-ring (bicyclic) bond motifs is 10. The molecule has 0 N–H and O–H groups in total. The highest BCUT2D eigenvalue weighted by molar-refractivity contribution is 7.27. The highest BCUT2D eigenvalue weighted by atomic mass is 32.1. The fourth-order valence-corrected chi connectivity index (χ4v) is 9.26. The van der Waals surface area contributed by atoms with E-state index in [1.54, 1.807) is 0 Å². The van der Waals surface area contributed by atoms with Crippen LogP contribution in [-0.4, -0.2) is 0 Å². The first-order valence-electron chi connectivity index (χ1n) is 17.5. The first-order valence-corrected chi connectivity index (χ1v) is 18.3. The van der Waals surface area contributed by atoms with Gasteiger partial charge in [0.05, 0.1) is 26.8 Å². The second-order valence-electron chi connectivity index (χ2n) is 13.2. The summed E-state index contributed by atoms with van der Waals surface area (Å²) in [5, 5.41) is 6.67. The van der Waals surface area contributed by atoms with Crippen molar-refractivity contribution in [3.63, 3.8) is 0 Å². The van der Waals surface area contributed by atoms with Crippen LogP contribution in [0.2, 0.25) is 0 Å². The Bertz CT molecular complexity index is 3120. The summed E-state index contributed by atoms with van der Waals surface area (Å²) in [6.07, 6.45) is 0. The third kappa shape index (κ3) is 4.38. The Hall–Kier alpha value is -6.62. The molecule has 8 aromatic carbocycles. The van der Waals surface area contributed by atoms with E-state index in [0.29, 0.717) is 0 Å². The van der Waals surface area contributed by atoms with Crippen LogP contribution in [0, 0.1) is 0 Å². The van der Waals surface area contributed by atoms with E-state index in [0.717, 1.165) is 60.9 Å². The minimum Gasteiger partial charge on any atom is -0.456 e. The van der Waals surface area contributed by atoms with Gasteiger partial charge in [-0.3, -0.25) is 0 Å². The average molecular weight is 684 g/mol. The minimum absolute atomic E-state index is 0.795. The van der Waals surface area contributed by atoms with Crippen LogP contribution in [0.25, 0.3) is 86.3 Å². The second-order valence-corrected chi connectivity index (χ2v) is 14.2. The SMILES string of the molecule is c1ccc(-c2ccc(N(c3cccc4c3sc3c(-c5ccccc5)cccc34)c3cc4oc5ccccc5c4c4oc5ccccc5c34)cc2)cc1. The van der Waals surface area contributed by atoms with Gasteiger partial charge in [0.15, 0.2) is 0 Å². The van der Waals surface area contributed by atoms with Crippen molar-refractivity contribution in [1.29, 1.82) is 0 Å². The zero-order chi connectivity index (χ0) is 34.2. The predicted molar refractivity (Wildman–Crippen MR) is 219 cm³/mol. The van der Waals surface area contributed by atoms with Crippen molar-refractivity contribution in [2.75, 3.05) is 4.90 Å². The van der Waals surface area contributed by atoms with Gasteiger partial charge in [0.2, 0.25) is 0 Å². The van der Waals surface area contributed by atoms with Crippen molar-refractivity contribution >= 4 is 92.4 Å². The summed E-state index contributed by atoms with van der Waals surface area (Å²) in [6.45, 7) is 0. The maximum Gasteiger partial charge on any atom is 0.149 e. The van der Waals surface area contributed by atoms with Crippen molar-refractivity contribution in [2.45, 2.75) is 0 Å². The summed E-state index contributed by atoms with van der Waals surface area (Å²) in [6, 6.07) is 62.4. The lowest BCUT2D eigenvalue weighted by atomic mass is 10.0. The Morgan fingerprint density at radius 3 is 1.71 bits per heavy atom. The molecule has 3 nitrogen and oxygen atoms in total. The summed E-state index contributed by atoms with van der Waals surface area (Å²) in [7, 11) is 0. The maximum atomic E-state index is 6.79. The molecule has 0 aliphatic carbocycles. The summed E-state index contributed by atoms with van der Waals surface area (Å²) in [4.78, 5) is 2.41. The Labute approximate surface area is 303 Å². The van der Waals surface area contributed by atoms with E-state index < -0.39 is 0 Å². The Balaban J connectivity index is 1.24. The molecule has 11 rings (SSSR count). The van der Waals surface area contributed by atoms with Gasteiger partial charge in [-0.2, -0.15) is 0 Å². The van der Waals surface area contributed by atoms with Gasteiger partial charge in [-0.1, -0.05) is 140 Å². The lowest BCUT2D eigenvalue weighted by Gasteiger charge is -2.27. The summed E-state index contributed by atoms with van der Waals surface area (Å²) in [5.74, 6) is 0. The van der Waals surface area contributed by atoms with Crippen LogP contribution in [0.3, 0.4) is 0 Å². The van der Waals surface area contributed by atoms with Gasteiger partial charge in [0.25, 0.3) is 0 Å². The first kappa shape index (κ1) is 29.1. The third-order valence-electron chi connectivity index (χ3n) is 10.3. The molecule has 0 unspecified atom stereocenters. The molecule has 0 radical (unpaired) electrons. The molecule has 0 bridgehead atoms. The number of nitrogens with zero attached hydrogens (tertiary/aromatic N) is 1.